The maximum Gasteiger partial charge on any atom is 0.133 e. The minimum atomic E-state index is -0.981. The number of ether oxygens (including phenoxy) is 1. The average Bonchev–Trinajstić information content (AvgIpc) is 2.16. The van der Waals surface area contributed by atoms with Crippen LogP contribution in [0, 0.1) is 17.5 Å². The van der Waals surface area contributed by atoms with Crippen LogP contribution in [0.1, 0.15) is 24.9 Å². The predicted molar refractivity (Wildman–Crippen MR) is 54.4 cm³/mol. The number of nitrogens with two attached hydrogens (primary N) is 1. The number of halogens is 3. The molecule has 0 heterocycles. The third kappa shape index (κ3) is 3.21. The van der Waals surface area contributed by atoms with Crippen LogP contribution in [0.3, 0.4) is 0 Å². The molecule has 16 heavy (non-hydrogen) atoms. The largest absolute Gasteiger partial charge is 0.379 e. The zero-order valence-corrected chi connectivity index (χ0v) is 8.97. The molecule has 1 rings (SSSR count). The van der Waals surface area contributed by atoms with Gasteiger partial charge >= 0.3 is 0 Å². The van der Waals surface area contributed by atoms with Crippen molar-refractivity contribution in [1.29, 1.82) is 0 Å². The van der Waals surface area contributed by atoms with Crippen LogP contribution < -0.4 is 5.73 Å². The van der Waals surface area contributed by atoms with Crippen LogP contribution in [0.2, 0.25) is 0 Å². The smallest absolute Gasteiger partial charge is 0.133 e. The van der Waals surface area contributed by atoms with Gasteiger partial charge in [0.15, 0.2) is 0 Å². The summed E-state index contributed by atoms with van der Waals surface area (Å²) in [6, 6.07) is 0.295. The van der Waals surface area contributed by atoms with Gasteiger partial charge in [-0.15, -0.1) is 0 Å². The zero-order chi connectivity index (χ0) is 12.1. The van der Waals surface area contributed by atoms with Crippen LogP contribution in [-0.4, -0.2) is 13.2 Å². The van der Waals surface area contributed by atoms with E-state index in [1.54, 1.807) is 0 Å². The fourth-order valence-electron chi connectivity index (χ4n) is 1.35. The molecule has 1 aromatic rings. The molecule has 0 fully saturated rings. The number of benzene rings is 1. The summed E-state index contributed by atoms with van der Waals surface area (Å²) in [5, 5.41) is 0. The van der Waals surface area contributed by atoms with E-state index in [-0.39, 0.29) is 12.2 Å². The molecule has 0 aromatic heterocycles. The van der Waals surface area contributed by atoms with E-state index in [9.17, 15) is 13.2 Å². The molecule has 2 N–H and O–H groups in total. The summed E-state index contributed by atoms with van der Waals surface area (Å²) in [6.07, 6.45) is 0.793. The Kier molecular flexibility index (Phi) is 4.76. The van der Waals surface area contributed by atoms with Crippen molar-refractivity contribution in [3.05, 3.63) is 35.1 Å². The monoisotopic (exact) mass is 233 g/mol. The van der Waals surface area contributed by atoms with Crippen molar-refractivity contribution in [3.63, 3.8) is 0 Å². The molecule has 90 valence electrons. The lowest BCUT2D eigenvalue weighted by Crippen LogP contribution is -2.20. The summed E-state index contributed by atoms with van der Waals surface area (Å²) in [5.74, 6) is -2.92. The SMILES string of the molecule is CCCOCC(N)c1c(F)cc(F)cc1F. The normalized spacial score (nSPS) is 12.8. The van der Waals surface area contributed by atoms with Crippen molar-refractivity contribution in [1.82, 2.24) is 0 Å². The van der Waals surface area contributed by atoms with Crippen molar-refractivity contribution in [2.75, 3.05) is 13.2 Å². The van der Waals surface area contributed by atoms with Gasteiger partial charge in [0.05, 0.1) is 12.6 Å². The average molecular weight is 233 g/mol. The van der Waals surface area contributed by atoms with Gasteiger partial charge in [0.1, 0.15) is 17.5 Å². The van der Waals surface area contributed by atoms with E-state index >= 15 is 0 Å². The van der Waals surface area contributed by atoms with E-state index < -0.39 is 23.5 Å². The molecule has 1 atom stereocenters. The Morgan fingerprint density at radius 2 is 1.81 bits per heavy atom. The van der Waals surface area contributed by atoms with E-state index in [1.807, 2.05) is 6.92 Å². The first-order valence-electron chi connectivity index (χ1n) is 5.04. The molecular weight excluding hydrogens is 219 g/mol. The molecule has 0 bridgehead atoms. The molecule has 0 radical (unpaired) electrons. The highest BCUT2D eigenvalue weighted by molar-refractivity contribution is 5.24. The Bertz CT molecular complexity index is 334. The second kappa shape index (κ2) is 5.86. The minimum Gasteiger partial charge on any atom is -0.379 e. The molecule has 2 nitrogen and oxygen atoms in total. The van der Waals surface area contributed by atoms with Gasteiger partial charge in [0.2, 0.25) is 0 Å². The number of hydrogen-bond donors (Lipinski definition) is 1. The highest BCUT2D eigenvalue weighted by Gasteiger charge is 2.18. The second-order valence-electron chi connectivity index (χ2n) is 3.46. The Hall–Kier alpha value is -1.07. The molecule has 0 spiro atoms. The van der Waals surface area contributed by atoms with Gasteiger partial charge in [-0.1, -0.05) is 6.92 Å². The molecule has 0 aliphatic carbocycles. The topological polar surface area (TPSA) is 35.2 Å². The van der Waals surface area contributed by atoms with E-state index in [4.69, 9.17) is 10.5 Å². The lowest BCUT2D eigenvalue weighted by Gasteiger charge is -2.14. The first kappa shape index (κ1) is 13.0. The molecular formula is C11H14F3NO. The van der Waals surface area contributed by atoms with Crippen molar-refractivity contribution < 1.29 is 17.9 Å². The quantitative estimate of drug-likeness (QED) is 0.793. The Morgan fingerprint density at radius 1 is 1.25 bits per heavy atom. The maximum atomic E-state index is 13.3. The Labute approximate surface area is 92.2 Å². The van der Waals surface area contributed by atoms with Crippen LogP contribution in [-0.2, 0) is 4.74 Å². The fraction of sp³-hybridized carbons (Fsp3) is 0.455. The van der Waals surface area contributed by atoms with Crippen molar-refractivity contribution in [3.8, 4) is 0 Å². The van der Waals surface area contributed by atoms with Gasteiger partial charge in [0.25, 0.3) is 0 Å². The Morgan fingerprint density at radius 3 is 2.31 bits per heavy atom. The molecule has 5 heteroatoms. The zero-order valence-electron chi connectivity index (χ0n) is 8.97. The summed E-state index contributed by atoms with van der Waals surface area (Å²) in [4.78, 5) is 0. The second-order valence-corrected chi connectivity index (χ2v) is 3.46. The molecule has 0 amide bonds. The molecule has 1 aromatic carbocycles. The van der Waals surface area contributed by atoms with E-state index in [0.717, 1.165) is 6.42 Å². The molecule has 0 aliphatic heterocycles. The molecule has 1 unspecified atom stereocenters. The van der Waals surface area contributed by atoms with Crippen LogP contribution in [0.15, 0.2) is 12.1 Å². The number of rotatable bonds is 5. The van der Waals surface area contributed by atoms with Crippen LogP contribution in [0.25, 0.3) is 0 Å². The summed E-state index contributed by atoms with van der Waals surface area (Å²) >= 11 is 0. The van der Waals surface area contributed by atoms with Crippen LogP contribution >= 0.6 is 0 Å². The first-order chi connectivity index (χ1) is 7.56. The van der Waals surface area contributed by atoms with E-state index in [2.05, 4.69) is 0 Å². The molecule has 0 saturated heterocycles. The van der Waals surface area contributed by atoms with Gasteiger partial charge < -0.3 is 10.5 Å². The van der Waals surface area contributed by atoms with Gasteiger partial charge in [-0.2, -0.15) is 0 Å². The van der Waals surface area contributed by atoms with E-state index in [1.165, 1.54) is 0 Å². The van der Waals surface area contributed by atoms with Gasteiger partial charge in [-0.3, -0.25) is 0 Å². The van der Waals surface area contributed by atoms with Gasteiger partial charge in [0, 0.05) is 24.3 Å². The standard InChI is InChI=1S/C11H14F3NO/c1-2-3-16-6-10(15)11-8(13)4-7(12)5-9(11)14/h4-5,10H,2-3,6,15H2,1H3. The third-order valence-corrected chi connectivity index (χ3v) is 2.06. The van der Waals surface area contributed by atoms with Gasteiger partial charge in [-0.25, -0.2) is 13.2 Å². The molecule has 0 saturated carbocycles. The lowest BCUT2D eigenvalue weighted by atomic mass is 10.1. The highest BCUT2D eigenvalue weighted by atomic mass is 19.1. The predicted octanol–water partition coefficient (Wildman–Crippen LogP) is 2.53. The fourth-order valence-corrected chi connectivity index (χ4v) is 1.35. The van der Waals surface area contributed by atoms with E-state index in [0.29, 0.717) is 18.7 Å². The highest BCUT2D eigenvalue weighted by Crippen LogP contribution is 2.20. The number of hydrogen-bond acceptors (Lipinski definition) is 2. The van der Waals surface area contributed by atoms with Gasteiger partial charge in [-0.05, 0) is 6.42 Å². The molecule has 0 aliphatic rings. The Balaban J connectivity index is 2.78. The maximum absolute atomic E-state index is 13.3. The van der Waals surface area contributed by atoms with Crippen molar-refractivity contribution >= 4 is 0 Å². The van der Waals surface area contributed by atoms with Crippen LogP contribution in [0.4, 0.5) is 13.2 Å². The lowest BCUT2D eigenvalue weighted by molar-refractivity contribution is 0.120. The summed E-state index contributed by atoms with van der Waals surface area (Å²) in [7, 11) is 0. The van der Waals surface area contributed by atoms with Crippen molar-refractivity contribution in [2.24, 2.45) is 5.73 Å². The summed E-state index contributed by atoms with van der Waals surface area (Å²) < 4.78 is 44.2. The third-order valence-electron chi connectivity index (χ3n) is 2.06. The van der Waals surface area contributed by atoms with Crippen LogP contribution in [0.5, 0.6) is 0 Å². The van der Waals surface area contributed by atoms with Crippen molar-refractivity contribution in [2.45, 2.75) is 19.4 Å². The summed E-state index contributed by atoms with van der Waals surface area (Å²) in [5.41, 5.74) is 5.22. The first-order valence-corrected chi connectivity index (χ1v) is 5.04. The minimum absolute atomic E-state index is 0.00725. The summed E-state index contributed by atoms with van der Waals surface area (Å²) in [6.45, 7) is 2.38.